The summed E-state index contributed by atoms with van der Waals surface area (Å²) in [6, 6.07) is 22.4. The minimum Gasteiger partial charge on any atom is -0.414 e. The van der Waals surface area contributed by atoms with E-state index in [1.165, 1.54) is 23.4 Å². The Morgan fingerprint density at radius 3 is 1.15 bits per heavy atom. The third-order valence-electron chi connectivity index (χ3n) is 19.7. The second-order valence-electron chi connectivity index (χ2n) is 28.5. The number of hydrogen-bond acceptors (Lipinski definition) is 22. The van der Waals surface area contributed by atoms with E-state index in [1.54, 1.807) is 132 Å². The zero-order valence-corrected chi connectivity index (χ0v) is 68.0. The molecule has 3 aromatic heterocycles. The molecule has 5 aliphatic rings. The van der Waals surface area contributed by atoms with Crippen molar-refractivity contribution in [3.63, 3.8) is 0 Å². The van der Waals surface area contributed by atoms with E-state index in [0.29, 0.717) is 24.3 Å². The molecule has 0 spiro atoms. The molecule has 5 aromatic rings. The van der Waals surface area contributed by atoms with Gasteiger partial charge in [0.25, 0.3) is 11.8 Å². The first-order valence-electron chi connectivity index (χ1n) is 34.8. The number of nitrogen functional groups attached to an aromatic ring is 1. The molecule has 2 aromatic carbocycles. The maximum Gasteiger partial charge on any atom is 0.350 e. The van der Waals surface area contributed by atoms with Crippen molar-refractivity contribution in [1.82, 2.24) is 28.7 Å². The second-order valence-corrected chi connectivity index (χ2v) is 50.3. The summed E-state index contributed by atoms with van der Waals surface area (Å²) in [5, 5.41) is 14.6. The van der Waals surface area contributed by atoms with Crippen molar-refractivity contribution in [3.8, 4) is 0 Å². The number of ether oxygens (including phenoxy) is 3. The van der Waals surface area contributed by atoms with Gasteiger partial charge in [0.15, 0.2) is 0 Å². The number of aromatic nitrogens is 6. The predicted molar refractivity (Wildman–Crippen MR) is 406 cm³/mol. The number of nitrogens with zero attached hydrogens (tertiary/aromatic N) is 6. The molecule has 24 nitrogen and oxygen atoms in total. The number of aliphatic hydroxyl groups is 1. The lowest BCUT2D eigenvalue weighted by Crippen LogP contribution is -2.65. The number of anilines is 3. The molecule has 5 aliphatic heterocycles. The number of carbonyl (C=O) groups is 2. The smallest absolute Gasteiger partial charge is 0.350 e. The van der Waals surface area contributed by atoms with Crippen molar-refractivity contribution in [3.05, 3.63) is 140 Å². The van der Waals surface area contributed by atoms with Gasteiger partial charge in [-0.2, -0.15) is 15.0 Å². The van der Waals surface area contributed by atoms with E-state index in [-0.39, 0.29) is 129 Å². The van der Waals surface area contributed by atoms with E-state index in [4.69, 9.17) is 45.9 Å². The molecule has 31 heteroatoms. The van der Waals surface area contributed by atoms with Crippen LogP contribution in [0, 0.1) is 0 Å². The normalized spacial score (nSPS) is 26.9. The molecule has 0 aliphatic carbocycles. The standard InChI is InChI=1S/C29H45N3O6SSi2.C22H41N3O5SSi2.C18H21N3O4S/c1-18(2)40(19(3)4)36-17-23-25(37-41(38-40,20(5)6)21(7)8)26(35-9)28(39-23)32-16-15-24(31-29(32)34)30-27(33)22-13-11-10-12-14-22;1-13(2)32(14(3)4)28-12-17-19(29-33(30-32,15(5)6)16(7)8)20(27-9)21(31-17)25-11-10-18(23)24-22(25)26;1-3-12-14(22)15(25-2)17(26-12)21-10-9-13(20-18(21)24)19-16(23)11-7-5-4-6-8-11/h10-16,18-21,23,25-26,28H,17H2,1-9H3,(H,30,31,33,34);10-11,13-17,19-21H,12H2,1-9H3,(H2,23,24,26);4-10,12,14-15,17,22H,3H2,1-2H3,(H,19,20,23,24)/t23-,25-,26-,28-;17-,19-,20-,21-;12-,14-,15-,17-/m111/s1. The van der Waals surface area contributed by atoms with Gasteiger partial charge in [0.05, 0.1) is 42.0 Å². The van der Waals surface area contributed by atoms with Gasteiger partial charge >= 0.3 is 51.3 Å². The van der Waals surface area contributed by atoms with Gasteiger partial charge < -0.3 is 61.6 Å². The molecule has 8 heterocycles. The van der Waals surface area contributed by atoms with E-state index in [2.05, 4.69) is 136 Å². The SMILES string of the molecule is CC[C@H]1S[C@@H](n2ccc(NC(=O)c3ccccc3)nc2=O)[C@H](OC)[C@@H]1O.CO[C@@H]1[C@@H]2O[Si](C(C)C)(C(C)C)O[Si](C(C)C)(C(C)C)OC[C@H]2S[C@H]1n1ccc(N)nc1=O.CO[C@@H]1[C@@H]2O[Si](C(C)C)(C(C)C)O[Si](C(C)C)(C(C)C)OC[C@H]2S[C@H]1n1ccc(NC(=O)c2ccccc2)nc1=O. The molecule has 0 bridgehead atoms. The van der Waals surface area contributed by atoms with E-state index in [1.807, 2.05) is 19.1 Å². The Morgan fingerprint density at radius 1 is 0.510 bits per heavy atom. The first-order chi connectivity index (χ1) is 47.3. The summed E-state index contributed by atoms with van der Waals surface area (Å²) in [7, 11) is -6.02. The van der Waals surface area contributed by atoms with Gasteiger partial charge in [-0.05, 0) is 93.2 Å². The third-order valence-corrected chi connectivity index (χ3v) is 44.9. The van der Waals surface area contributed by atoms with Crippen LogP contribution in [0.3, 0.4) is 0 Å². The van der Waals surface area contributed by atoms with Crippen LogP contribution in [0.5, 0.6) is 0 Å². The Kier molecular flexibility index (Phi) is 28.0. The van der Waals surface area contributed by atoms with Crippen molar-refractivity contribution in [2.24, 2.45) is 0 Å². The monoisotopic (exact) mass is 1510 g/mol. The largest absolute Gasteiger partial charge is 0.414 e. The molecule has 5 N–H and O–H groups in total. The number of carbonyl (C=O) groups excluding carboxylic acids is 2. The molecule has 2 amide bonds. The summed E-state index contributed by atoms with van der Waals surface area (Å²) >= 11 is 4.79. The van der Waals surface area contributed by atoms with Crippen LogP contribution < -0.4 is 33.4 Å². The number of hydrogen-bond donors (Lipinski definition) is 4. The molecule has 10 rings (SSSR count). The molecule has 0 saturated carbocycles. The zero-order valence-electron chi connectivity index (χ0n) is 61.6. The fraction of sp³-hybridized carbons (Fsp3) is 0.623. The lowest BCUT2D eigenvalue weighted by Gasteiger charge is -2.51. The lowest BCUT2D eigenvalue weighted by atomic mass is 10.1. The van der Waals surface area contributed by atoms with Crippen molar-refractivity contribution in [2.45, 2.75) is 237 Å². The van der Waals surface area contributed by atoms with Crippen LogP contribution in [0.15, 0.2) is 112 Å². The molecule has 5 fully saturated rings. The van der Waals surface area contributed by atoms with Crippen LogP contribution in [0.1, 0.15) is 161 Å². The molecule has 5 saturated heterocycles. The minimum absolute atomic E-state index is 0.00527. The summed E-state index contributed by atoms with van der Waals surface area (Å²) in [6.07, 6.45) is 3.25. The molecule has 12 atom stereocenters. The number of aliphatic hydroxyl groups excluding tert-OH is 1. The van der Waals surface area contributed by atoms with Gasteiger partial charge in [-0.3, -0.25) is 23.3 Å². The minimum atomic E-state index is -2.84. The summed E-state index contributed by atoms with van der Waals surface area (Å²) in [6.45, 7) is 38.2. The number of thioether (sulfide) groups is 3. The Labute approximate surface area is 606 Å². The summed E-state index contributed by atoms with van der Waals surface area (Å²) in [4.78, 5) is 75.3. The van der Waals surface area contributed by atoms with Crippen LogP contribution in [-0.2, 0) is 40.1 Å². The van der Waals surface area contributed by atoms with Crippen LogP contribution in [0.2, 0.25) is 44.3 Å². The second kappa shape index (κ2) is 34.5. The van der Waals surface area contributed by atoms with Crippen LogP contribution in [-0.4, -0.2) is 167 Å². The van der Waals surface area contributed by atoms with Gasteiger partial charge in [0.2, 0.25) is 0 Å². The predicted octanol–water partition coefficient (Wildman–Crippen LogP) is 12.4. The van der Waals surface area contributed by atoms with Crippen molar-refractivity contribution < 1.29 is 54.8 Å². The summed E-state index contributed by atoms with van der Waals surface area (Å²) in [5.41, 5.74) is 7.25. The van der Waals surface area contributed by atoms with Crippen LogP contribution in [0.25, 0.3) is 0 Å². The quantitative estimate of drug-likeness (QED) is 0.0559. The van der Waals surface area contributed by atoms with E-state index in [0.717, 1.165) is 6.42 Å². The average molecular weight is 1510 g/mol. The first kappa shape index (κ1) is 81.0. The number of rotatable bonds is 19. The Balaban J connectivity index is 0.000000196. The van der Waals surface area contributed by atoms with Gasteiger partial charge in [0.1, 0.15) is 51.9 Å². The molecule has 0 unspecified atom stereocenters. The third kappa shape index (κ3) is 17.0. The zero-order chi connectivity index (χ0) is 73.5. The average Bonchev–Trinajstić information content (AvgIpc) is 0.799. The maximum atomic E-state index is 13.3. The van der Waals surface area contributed by atoms with E-state index in [9.17, 15) is 29.1 Å². The van der Waals surface area contributed by atoms with E-state index >= 15 is 0 Å². The molecular formula is C69H107N9O15S3Si4. The highest BCUT2D eigenvalue weighted by atomic mass is 32.2. The molecule has 100 heavy (non-hydrogen) atoms. The fourth-order valence-corrected chi connectivity index (χ4v) is 41.9. The van der Waals surface area contributed by atoms with Gasteiger partial charge in [-0.15, -0.1) is 35.3 Å². The van der Waals surface area contributed by atoms with Crippen molar-refractivity contribution >= 4 is 98.8 Å². The highest BCUT2D eigenvalue weighted by molar-refractivity contribution is 8.00. The highest BCUT2D eigenvalue weighted by Gasteiger charge is 2.64. The molecule has 0 radical (unpaired) electrons. The summed E-state index contributed by atoms with van der Waals surface area (Å²) < 4.78 is 64.8. The van der Waals surface area contributed by atoms with Crippen LogP contribution >= 0.6 is 35.3 Å². The van der Waals surface area contributed by atoms with Gasteiger partial charge in [0, 0.05) is 56.3 Å². The lowest BCUT2D eigenvalue weighted by molar-refractivity contribution is -0.0316. The number of nitrogens with two attached hydrogens (primary N) is 1. The van der Waals surface area contributed by atoms with Gasteiger partial charge in [-0.1, -0.05) is 154 Å². The number of nitrogens with one attached hydrogen (secondary N) is 2. The van der Waals surface area contributed by atoms with Crippen LogP contribution in [0.4, 0.5) is 17.5 Å². The fourth-order valence-electron chi connectivity index (χ4n) is 14.3. The number of methoxy groups -OCH3 is 3. The van der Waals surface area contributed by atoms with E-state index < -0.39 is 63.9 Å². The van der Waals surface area contributed by atoms with Crippen molar-refractivity contribution in [1.29, 1.82) is 0 Å². The topological polar surface area (TPSA) is 292 Å². The number of benzene rings is 2. The Hall–Kier alpha value is -4.66. The Morgan fingerprint density at radius 2 is 0.840 bits per heavy atom. The summed E-state index contributed by atoms with van der Waals surface area (Å²) in [5.74, 6) is -0.0583. The maximum absolute atomic E-state index is 13.3. The number of amides is 2. The molecular weight excluding hydrogens is 1400 g/mol. The molecule has 552 valence electrons. The van der Waals surface area contributed by atoms with Crippen molar-refractivity contribution in [2.75, 3.05) is 50.9 Å². The first-order valence-corrected chi connectivity index (χ1v) is 45.5. The Bertz CT molecular complexity index is 3680. The number of fused-ring (bicyclic) bond motifs is 2. The van der Waals surface area contributed by atoms with Gasteiger partial charge in [-0.25, -0.2) is 14.4 Å². The highest BCUT2D eigenvalue weighted by Crippen LogP contribution is 2.55.